The summed E-state index contributed by atoms with van der Waals surface area (Å²) in [5, 5.41) is 20.6. The minimum absolute atomic E-state index is 0.194. The average Bonchev–Trinajstić information content (AvgIpc) is 2.45. The zero-order valence-corrected chi connectivity index (χ0v) is 29.4. The van der Waals surface area contributed by atoms with Gasteiger partial charge in [-0.2, -0.15) is 0 Å². The molecule has 0 aliphatic heterocycles. The number of carbonyl (C=O) groups is 1. The second-order valence-electron chi connectivity index (χ2n) is 12.6. The van der Waals surface area contributed by atoms with Gasteiger partial charge < -0.3 is 35.6 Å². The number of carbonyl (C=O) groups excluding carboxylic acids is 1. The second-order valence-corrected chi connectivity index (χ2v) is 37.2. The monoisotopic (exact) mass is 574 g/mol. The van der Waals surface area contributed by atoms with Crippen LogP contribution in [0.25, 0.3) is 0 Å². The maximum absolute atomic E-state index is 12.6. The van der Waals surface area contributed by atoms with E-state index in [0.717, 1.165) is 0 Å². The Morgan fingerprint density at radius 3 is 1.27 bits per heavy atom. The predicted octanol–water partition coefficient (Wildman–Crippen LogP) is 4.55. The highest BCUT2D eigenvalue weighted by Crippen LogP contribution is 2.38. The minimum Gasteiger partial charge on any atom is -0.417 e. The zero-order chi connectivity index (χ0) is 26.7. The summed E-state index contributed by atoms with van der Waals surface area (Å²) in [7, 11) is -17.1. The quantitative estimate of drug-likeness (QED) is 0.217. The van der Waals surface area contributed by atoms with E-state index in [1.807, 2.05) is 85.5 Å². The van der Waals surface area contributed by atoms with E-state index in [0.29, 0.717) is 12.7 Å². The molecular formula is C19H50O8Si6. The molecule has 0 aromatic heterocycles. The Balaban J connectivity index is 7.16. The van der Waals surface area contributed by atoms with Crippen LogP contribution in [0.15, 0.2) is 0 Å². The first-order valence-corrected chi connectivity index (χ1v) is 29.3. The van der Waals surface area contributed by atoms with Gasteiger partial charge in [0.05, 0.1) is 6.10 Å². The van der Waals surface area contributed by atoms with Gasteiger partial charge in [-0.25, -0.2) is 0 Å². The summed E-state index contributed by atoms with van der Waals surface area (Å²) in [6, 6.07) is 0. The summed E-state index contributed by atoms with van der Waals surface area (Å²) in [6.07, 6.45) is -0.291. The third-order valence-electron chi connectivity index (χ3n) is 3.92. The molecule has 2 atom stereocenters. The molecule has 0 spiro atoms. The molecule has 0 aliphatic rings. The summed E-state index contributed by atoms with van der Waals surface area (Å²) in [5.41, 5.74) is 0. The normalized spacial score (nSPS) is 17.6. The molecule has 198 valence electrons. The fraction of sp³-hybridized carbons (Fsp3) is 0.947. The first-order chi connectivity index (χ1) is 14.3. The number of aldehydes is 1. The van der Waals surface area contributed by atoms with Gasteiger partial charge in [-0.1, -0.05) is 13.3 Å². The van der Waals surface area contributed by atoms with Crippen molar-refractivity contribution >= 4 is 57.2 Å². The standard InChI is InChI=1S/C19H50O8Si6/c1-15-16-18(21)19(22,17-20)33(25-30(8,9)10,26-31(11,12)13)27-32(14,23-28(2,3)4)24-29(5,6)7/h17-18,21-22H,15-16H2,1-14H3. The van der Waals surface area contributed by atoms with Crippen LogP contribution in [0.1, 0.15) is 19.8 Å². The molecule has 2 unspecified atom stereocenters. The molecule has 0 amide bonds. The van der Waals surface area contributed by atoms with Crippen LogP contribution in [0.2, 0.25) is 85.1 Å². The number of aliphatic hydroxyl groups excluding tert-OH is 1. The minimum atomic E-state index is -4.34. The van der Waals surface area contributed by atoms with Crippen LogP contribution in [0, 0.1) is 0 Å². The molecule has 0 saturated carbocycles. The van der Waals surface area contributed by atoms with Crippen LogP contribution in [0.3, 0.4) is 0 Å². The van der Waals surface area contributed by atoms with E-state index in [1.165, 1.54) is 0 Å². The van der Waals surface area contributed by atoms with Crippen LogP contribution in [0.4, 0.5) is 0 Å². The van der Waals surface area contributed by atoms with Crippen molar-refractivity contribution in [3.8, 4) is 0 Å². The van der Waals surface area contributed by atoms with Crippen LogP contribution < -0.4 is 0 Å². The van der Waals surface area contributed by atoms with Gasteiger partial charge in [0, 0.05) is 6.55 Å². The summed E-state index contributed by atoms with van der Waals surface area (Å²) in [6.45, 7) is 27.6. The molecule has 0 fully saturated rings. The third-order valence-corrected chi connectivity index (χ3v) is 22.8. The highest BCUT2D eigenvalue weighted by Gasteiger charge is 2.70. The number of hydrogen-bond donors (Lipinski definition) is 2. The molecule has 0 aliphatic carbocycles. The van der Waals surface area contributed by atoms with Crippen molar-refractivity contribution in [2.24, 2.45) is 0 Å². The largest absolute Gasteiger partial charge is 0.516 e. The van der Waals surface area contributed by atoms with E-state index < -0.39 is 62.2 Å². The molecular weight excluding hydrogens is 525 g/mol. The van der Waals surface area contributed by atoms with Gasteiger partial charge in [0.15, 0.2) is 39.6 Å². The topological polar surface area (TPSA) is 104 Å². The van der Waals surface area contributed by atoms with Crippen molar-refractivity contribution in [2.45, 2.75) is 116 Å². The first kappa shape index (κ1) is 33.7. The molecule has 0 bridgehead atoms. The molecule has 14 heteroatoms. The Hall–Kier alpha value is 0.691. The predicted molar refractivity (Wildman–Crippen MR) is 148 cm³/mol. The molecule has 8 nitrogen and oxygen atoms in total. The Bertz CT molecular complexity index is 606. The average molecular weight is 575 g/mol. The van der Waals surface area contributed by atoms with Crippen molar-refractivity contribution < 1.29 is 35.6 Å². The van der Waals surface area contributed by atoms with Gasteiger partial charge >= 0.3 is 17.6 Å². The highest BCUT2D eigenvalue weighted by molar-refractivity contribution is 6.94. The van der Waals surface area contributed by atoms with Gasteiger partial charge in [0.1, 0.15) is 0 Å². The van der Waals surface area contributed by atoms with Crippen molar-refractivity contribution in [3.63, 3.8) is 0 Å². The fourth-order valence-corrected chi connectivity index (χ4v) is 26.6. The summed E-state index contributed by atoms with van der Waals surface area (Å²) in [4.78, 5) is 12.6. The zero-order valence-electron chi connectivity index (χ0n) is 23.4. The van der Waals surface area contributed by atoms with E-state index in [-0.39, 0.29) is 6.42 Å². The Morgan fingerprint density at radius 1 is 0.697 bits per heavy atom. The van der Waals surface area contributed by atoms with E-state index in [9.17, 15) is 15.0 Å². The van der Waals surface area contributed by atoms with Gasteiger partial charge in [-0.05, 0) is 85.0 Å². The smallest absolute Gasteiger partial charge is 0.417 e. The summed E-state index contributed by atoms with van der Waals surface area (Å²) >= 11 is 0. The maximum Gasteiger partial charge on any atom is 0.516 e. The molecule has 0 radical (unpaired) electrons. The van der Waals surface area contributed by atoms with Crippen LogP contribution >= 0.6 is 0 Å². The van der Waals surface area contributed by atoms with Crippen molar-refractivity contribution in [2.75, 3.05) is 0 Å². The van der Waals surface area contributed by atoms with Gasteiger partial charge in [0.2, 0.25) is 5.22 Å². The Kier molecular flexibility index (Phi) is 11.6. The van der Waals surface area contributed by atoms with Gasteiger partial charge in [0.25, 0.3) is 0 Å². The molecule has 0 heterocycles. The lowest BCUT2D eigenvalue weighted by atomic mass is 10.1. The van der Waals surface area contributed by atoms with Crippen LogP contribution in [-0.2, 0) is 25.4 Å². The summed E-state index contributed by atoms with van der Waals surface area (Å²) in [5.74, 6) is 0. The van der Waals surface area contributed by atoms with E-state index in [2.05, 4.69) is 0 Å². The molecule has 0 aromatic carbocycles. The SMILES string of the molecule is CCCC(O)C(O)(C=O)[Si](O[Si](C)(C)C)(O[Si](C)(C)C)O[Si](C)(O[Si](C)(C)C)O[Si](C)(C)C. The molecule has 0 rings (SSSR count). The lowest BCUT2D eigenvalue weighted by Crippen LogP contribution is -2.78. The van der Waals surface area contributed by atoms with E-state index >= 15 is 0 Å². The van der Waals surface area contributed by atoms with Crippen LogP contribution in [-0.4, -0.2) is 78.7 Å². The lowest BCUT2D eigenvalue weighted by molar-refractivity contribution is -0.132. The highest BCUT2D eigenvalue weighted by atomic mass is 28.5. The number of hydrogen-bond acceptors (Lipinski definition) is 8. The van der Waals surface area contributed by atoms with Crippen molar-refractivity contribution in [1.29, 1.82) is 0 Å². The second kappa shape index (κ2) is 11.4. The lowest BCUT2D eigenvalue weighted by Gasteiger charge is -2.50. The van der Waals surface area contributed by atoms with Gasteiger partial charge in [-0.3, -0.25) is 0 Å². The molecule has 33 heavy (non-hydrogen) atoms. The molecule has 0 aromatic rings. The van der Waals surface area contributed by atoms with Gasteiger partial charge in [-0.15, -0.1) is 0 Å². The third kappa shape index (κ3) is 11.5. The molecule has 0 saturated heterocycles. The van der Waals surface area contributed by atoms with E-state index in [1.54, 1.807) is 6.55 Å². The van der Waals surface area contributed by atoms with Crippen molar-refractivity contribution in [3.05, 3.63) is 0 Å². The first-order valence-electron chi connectivity index (χ1n) is 11.7. The van der Waals surface area contributed by atoms with Crippen LogP contribution in [0.5, 0.6) is 0 Å². The van der Waals surface area contributed by atoms with Crippen molar-refractivity contribution in [1.82, 2.24) is 0 Å². The Labute approximate surface area is 208 Å². The number of rotatable bonds is 15. The number of aliphatic hydroxyl groups is 2. The summed E-state index contributed by atoms with van der Waals surface area (Å²) < 4.78 is 33.0. The van der Waals surface area contributed by atoms with E-state index in [4.69, 9.17) is 20.6 Å². The maximum atomic E-state index is 12.6. The Morgan fingerprint density at radius 2 is 1.03 bits per heavy atom. The molecule has 2 N–H and O–H groups in total. The fourth-order valence-electron chi connectivity index (χ4n) is 3.38.